The maximum atomic E-state index is 13.9. The normalized spacial score (nSPS) is 14.8. The Balaban J connectivity index is 1.88. The van der Waals surface area contributed by atoms with Gasteiger partial charge in [0.15, 0.2) is 11.4 Å². The van der Waals surface area contributed by atoms with Crippen molar-refractivity contribution in [2.75, 3.05) is 26.4 Å². The molecule has 3 aromatic rings. The van der Waals surface area contributed by atoms with Crippen molar-refractivity contribution in [1.82, 2.24) is 4.57 Å². The van der Waals surface area contributed by atoms with E-state index in [4.69, 9.17) is 42.1 Å². The molecule has 12 heteroatoms. The number of carbonyl (C=O) groups excluding carboxylic acids is 2. The average Bonchev–Trinajstić information content (AvgIpc) is 3.22. The molecule has 0 bridgehead atoms. The summed E-state index contributed by atoms with van der Waals surface area (Å²) in [6.07, 6.45) is 1.57. The van der Waals surface area contributed by atoms with Crippen LogP contribution in [-0.4, -0.2) is 42.9 Å². The Morgan fingerprint density at radius 2 is 1.73 bits per heavy atom. The van der Waals surface area contributed by atoms with E-state index in [0.29, 0.717) is 39.0 Å². The number of benzene rings is 2. The lowest BCUT2D eigenvalue weighted by atomic mass is 9.96. The molecule has 1 aliphatic heterocycles. The van der Waals surface area contributed by atoms with Crippen molar-refractivity contribution in [2.45, 2.75) is 33.7 Å². The number of ether oxygens (including phenoxy) is 4. The van der Waals surface area contributed by atoms with Gasteiger partial charge in [-0.25, -0.2) is 14.6 Å². The highest BCUT2D eigenvalue weighted by Crippen LogP contribution is 2.34. The summed E-state index contributed by atoms with van der Waals surface area (Å²) in [5, 5.41) is 0.471. The van der Waals surface area contributed by atoms with Gasteiger partial charge in [0, 0.05) is 10.6 Å². The van der Waals surface area contributed by atoms with E-state index in [1.165, 1.54) is 10.6 Å². The summed E-state index contributed by atoms with van der Waals surface area (Å²) in [6, 6.07) is 9.45. The van der Waals surface area contributed by atoms with E-state index >= 15 is 0 Å². The largest absolute Gasteiger partial charge is 0.494 e. The fourth-order valence-electron chi connectivity index (χ4n) is 4.33. The minimum Gasteiger partial charge on any atom is -0.494 e. The molecule has 2 aromatic carbocycles. The van der Waals surface area contributed by atoms with Gasteiger partial charge in [-0.3, -0.25) is 9.36 Å². The van der Waals surface area contributed by atoms with E-state index in [2.05, 4.69) is 4.99 Å². The number of allylic oxidation sites excluding steroid dienone is 1. The molecular formula is C29H28Cl2N2O7S. The molecule has 9 nitrogen and oxygen atoms in total. The Labute approximate surface area is 250 Å². The van der Waals surface area contributed by atoms with E-state index in [9.17, 15) is 14.4 Å². The van der Waals surface area contributed by atoms with Gasteiger partial charge in [-0.15, -0.1) is 0 Å². The molecule has 2 heterocycles. The van der Waals surface area contributed by atoms with Gasteiger partial charge in [-0.05, 0) is 63.6 Å². The summed E-state index contributed by atoms with van der Waals surface area (Å²) in [5.41, 5.74) is 1.38. The first-order chi connectivity index (χ1) is 19.7. The number of aromatic nitrogens is 1. The Kier molecular flexibility index (Phi) is 9.90. The molecule has 0 spiro atoms. The molecule has 0 unspecified atom stereocenters. The highest BCUT2D eigenvalue weighted by molar-refractivity contribution is 7.07. The molecule has 1 atom stereocenters. The molecule has 0 fully saturated rings. The molecular weight excluding hydrogens is 591 g/mol. The van der Waals surface area contributed by atoms with Gasteiger partial charge in [0.2, 0.25) is 0 Å². The van der Waals surface area contributed by atoms with Gasteiger partial charge in [0.05, 0.1) is 46.7 Å². The zero-order valence-corrected chi connectivity index (χ0v) is 25.2. The minimum absolute atomic E-state index is 0.161. The number of nitrogens with zero attached hydrogens (tertiary/aromatic N) is 2. The lowest BCUT2D eigenvalue weighted by molar-refractivity contribution is -0.145. The van der Waals surface area contributed by atoms with Crippen LogP contribution in [-0.2, 0) is 19.1 Å². The lowest BCUT2D eigenvalue weighted by Gasteiger charge is -2.24. The van der Waals surface area contributed by atoms with Crippen molar-refractivity contribution in [3.05, 3.63) is 88.5 Å². The number of thiazole rings is 1. The second-order valence-corrected chi connectivity index (χ2v) is 10.6. The summed E-state index contributed by atoms with van der Waals surface area (Å²) in [6.45, 7) is 7.49. The van der Waals surface area contributed by atoms with E-state index in [1.54, 1.807) is 45.0 Å². The van der Waals surface area contributed by atoms with Crippen LogP contribution < -0.4 is 24.4 Å². The Morgan fingerprint density at radius 3 is 2.39 bits per heavy atom. The predicted molar refractivity (Wildman–Crippen MR) is 157 cm³/mol. The van der Waals surface area contributed by atoms with Gasteiger partial charge < -0.3 is 18.9 Å². The SMILES string of the molecule is CCOC(=O)COc1c(Cl)cc(Cl)cc1/C=c1\sc2n(c1=O)[C@@H](c1ccc(OCC)cc1)C(C(=O)OCC)=C(C)N=2. The van der Waals surface area contributed by atoms with Crippen LogP contribution in [0.1, 0.15) is 44.9 Å². The molecule has 1 aromatic heterocycles. The van der Waals surface area contributed by atoms with Gasteiger partial charge in [-0.1, -0.05) is 46.7 Å². The summed E-state index contributed by atoms with van der Waals surface area (Å²) in [4.78, 5) is 43.9. The predicted octanol–water partition coefficient (Wildman–Crippen LogP) is 4.45. The summed E-state index contributed by atoms with van der Waals surface area (Å²) >= 11 is 13.8. The number of halogens is 2. The van der Waals surface area contributed by atoms with Crippen molar-refractivity contribution >= 4 is 52.6 Å². The van der Waals surface area contributed by atoms with Gasteiger partial charge in [-0.2, -0.15) is 0 Å². The molecule has 0 radical (unpaired) electrons. The smallest absolute Gasteiger partial charge is 0.344 e. The Bertz CT molecular complexity index is 1680. The van der Waals surface area contributed by atoms with Crippen LogP contribution >= 0.6 is 34.5 Å². The minimum atomic E-state index is -0.786. The molecule has 0 amide bonds. The van der Waals surface area contributed by atoms with E-state index < -0.39 is 23.5 Å². The van der Waals surface area contributed by atoms with Gasteiger partial charge in [0.25, 0.3) is 5.56 Å². The van der Waals surface area contributed by atoms with Crippen LogP contribution in [0.5, 0.6) is 11.5 Å². The third-order valence-corrected chi connectivity index (χ3v) is 7.47. The summed E-state index contributed by atoms with van der Waals surface area (Å²) in [5.74, 6) is -0.295. The monoisotopic (exact) mass is 618 g/mol. The number of fused-ring (bicyclic) bond motifs is 1. The fraction of sp³-hybridized carbons (Fsp3) is 0.310. The van der Waals surface area contributed by atoms with Crippen molar-refractivity contribution in [3.8, 4) is 11.5 Å². The van der Waals surface area contributed by atoms with Crippen molar-refractivity contribution in [3.63, 3.8) is 0 Å². The van der Waals surface area contributed by atoms with Gasteiger partial charge >= 0.3 is 11.9 Å². The molecule has 4 rings (SSSR count). The highest BCUT2D eigenvalue weighted by atomic mass is 35.5. The highest BCUT2D eigenvalue weighted by Gasteiger charge is 2.33. The third kappa shape index (κ3) is 6.66. The van der Waals surface area contributed by atoms with Crippen LogP contribution in [0.25, 0.3) is 6.08 Å². The standard InChI is InChI=1S/C29H28Cl2N2O7S/c1-5-37-20-10-8-17(9-11-20)25-24(28(36)39-7-3)16(4)32-29-33(25)27(35)22(41-29)13-18-12-19(30)14-21(31)26(18)40-15-23(34)38-6-2/h8-14,25H,5-7,15H2,1-4H3/b22-13-/t25-/m0/s1. The Morgan fingerprint density at radius 1 is 1.02 bits per heavy atom. The maximum Gasteiger partial charge on any atom is 0.344 e. The quantitative estimate of drug-likeness (QED) is 0.309. The van der Waals surface area contributed by atoms with Crippen LogP contribution in [0.4, 0.5) is 0 Å². The van der Waals surface area contributed by atoms with Crippen LogP contribution in [0.3, 0.4) is 0 Å². The summed E-state index contributed by atoms with van der Waals surface area (Å²) < 4.78 is 23.3. The van der Waals surface area contributed by atoms with E-state index in [-0.39, 0.29) is 40.7 Å². The Hall–Kier alpha value is -3.60. The summed E-state index contributed by atoms with van der Waals surface area (Å²) in [7, 11) is 0. The van der Waals surface area contributed by atoms with E-state index in [1.807, 2.05) is 19.1 Å². The fourth-order valence-corrected chi connectivity index (χ4v) is 5.94. The lowest BCUT2D eigenvalue weighted by Crippen LogP contribution is -2.39. The number of hydrogen-bond donors (Lipinski definition) is 0. The maximum absolute atomic E-state index is 13.9. The van der Waals surface area contributed by atoms with Crippen molar-refractivity contribution < 1.29 is 28.5 Å². The second kappa shape index (κ2) is 13.4. The number of rotatable bonds is 10. The van der Waals surface area contributed by atoms with Crippen molar-refractivity contribution in [1.29, 1.82) is 0 Å². The van der Waals surface area contributed by atoms with Crippen LogP contribution in [0.2, 0.25) is 10.0 Å². The topological polar surface area (TPSA) is 105 Å². The van der Waals surface area contributed by atoms with Crippen molar-refractivity contribution in [2.24, 2.45) is 4.99 Å². The zero-order valence-electron chi connectivity index (χ0n) is 22.9. The van der Waals surface area contributed by atoms with E-state index in [0.717, 1.165) is 11.3 Å². The van der Waals surface area contributed by atoms with Gasteiger partial charge in [0.1, 0.15) is 11.5 Å². The third-order valence-electron chi connectivity index (χ3n) is 5.99. The van der Waals surface area contributed by atoms with Crippen LogP contribution in [0.15, 0.2) is 57.5 Å². The first-order valence-electron chi connectivity index (χ1n) is 12.9. The molecule has 41 heavy (non-hydrogen) atoms. The second-order valence-electron chi connectivity index (χ2n) is 8.70. The number of esters is 2. The molecule has 216 valence electrons. The average molecular weight is 620 g/mol. The first kappa shape index (κ1) is 30.4. The van der Waals surface area contributed by atoms with Crippen LogP contribution in [0, 0.1) is 0 Å². The molecule has 0 aliphatic carbocycles. The molecule has 0 saturated carbocycles. The zero-order chi connectivity index (χ0) is 29.7. The number of carbonyl (C=O) groups is 2. The first-order valence-corrected chi connectivity index (χ1v) is 14.5. The molecule has 0 N–H and O–H groups in total. The molecule has 0 saturated heterocycles. The molecule has 1 aliphatic rings. The number of hydrogen-bond acceptors (Lipinski definition) is 9.